The standard InChI is InChI=1S/C25H21NS/c1-4-11-21(12-5-1)20-27-25-18-10-17-24(19-25)26(22-13-6-2-7-14-22)23-15-8-3-9-16-23/h1-19H,20H2. The Morgan fingerprint density at radius 2 is 1.04 bits per heavy atom. The minimum Gasteiger partial charge on any atom is -0.310 e. The molecule has 0 aliphatic carbocycles. The minimum absolute atomic E-state index is 0.973. The Labute approximate surface area is 165 Å². The van der Waals surface area contributed by atoms with Gasteiger partial charge in [0.05, 0.1) is 0 Å². The number of hydrogen-bond donors (Lipinski definition) is 0. The lowest BCUT2D eigenvalue weighted by Gasteiger charge is -2.25. The van der Waals surface area contributed by atoms with Crippen LogP contribution in [0.25, 0.3) is 0 Å². The summed E-state index contributed by atoms with van der Waals surface area (Å²) in [6.45, 7) is 0. The summed E-state index contributed by atoms with van der Waals surface area (Å²) in [5.41, 5.74) is 4.84. The first-order chi connectivity index (χ1) is 13.4. The first-order valence-corrected chi connectivity index (χ1v) is 10.1. The third-order valence-electron chi connectivity index (χ3n) is 4.35. The molecule has 0 fully saturated rings. The van der Waals surface area contributed by atoms with Crippen molar-refractivity contribution >= 4 is 28.8 Å². The van der Waals surface area contributed by atoms with Crippen molar-refractivity contribution in [1.29, 1.82) is 0 Å². The predicted octanol–water partition coefficient (Wildman–Crippen LogP) is 7.45. The second-order valence-electron chi connectivity index (χ2n) is 6.28. The molecule has 0 aromatic heterocycles. The van der Waals surface area contributed by atoms with Crippen LogP contribution >= 0.6 is 11.8 Å². The third-order valence-corrected chi connectivity index (χ3v) is 5.42. The molecule has 2 heteroatoms. The summed E-state index contributed by atoms with van der Waals surface area (Å²) in [5.74, 6) is 0.973. The summed E-state index contributed by atoms with van der Waals surface area (Å²) in [6.07, 6.45) is 0. The van der Waals surface area contributed by atoms with E-state index in [9.17, 15) is 0 Å². The van der Waals surface area contributed by atoms with Crippen LogP contribution in [0.1, 0.15) is 5.56 Å². The topological polar surface area (TPSA) is 3.24 Å². The highest BCUT2D eigenvalue weighted by Gasteiger charge is 2.12. The smallest absolute Gasteiger partial charge is 0.0472 e. The van der Waals surface area contributed by atoms with Gasteiger partial charge in [0.2, 0.25) is 0 Å². The lowest BCUT2D eigenvalue weighted by molar-refractivity contribution is 1.26. The highest BCUT2D eigenvalue weighted by molar-refractivity contribution is 7.98. The van der Waals surface area contributed by atoms with Gasteiger partial charge in [0.25, 0.3) is 0 Å². The van der Waals surface area contributed by atoms with Gasteiger partial charge in [0.15, 0.2) is 0 Å². The molecule has 0 amide bonds. The molecular formula is C25H21NS. The van der Waals surface area contributed by atoms with Gasteiger partial charge in [-0.2, -0.15) is 0 Å². The predicted molar refractivity (Wildman–Crippen MR) is 117 cm³/mol. The summed E-state index contributed by atoms with van der Waals surface area (Å²) in [5, 5.41) is 0. The van der Waals surface area contributed by atoms with Gasteiger partial charge < -0.3 is 4.90 Å². The van der Waals surface area contributed by atoms with Crippen molar-refractivity contribution in [3.63, 3.8) is 0 Å². The Balaban J connectivity index is 1.64. The number of para-hydroxylation sites is 2. The van der Waals surface area contributed by atoms with E-state index in [1.165, 1.54) is 16.1 Å². The highest BCUT2D eigenvalue weighted by Crippen LogP contribution is 2.36. The molecule has 0 aliphatic rings. The Hall–Kier alpha value is -2.97. The first kappa shape index (κ1) is 17.4. The fraction of sp³-hybridized carbons (Fsp3) is 0.0400. The third kappa shape index (κ3) is 4.42. The molecule has 0 unspecified atom stereocenters. The van der Waals surface area contributed by atoms with Gasteiger partial charge >= 0.3 is 0 Å². The highest BCUT2D eigenvalue weighted by atomic mass is 32.2. The van der Waals surface area contributed by atoms with Crippen molar-refractivity contribution in [1.82, 2.24) is 0 Å². The molecule has 0 atom stereocenters. The molecule has 132 valence electrons. The molecule has 0 saturated carbocycles. The average Bonchev–Trinajstić information content (AvgIpc) is 2.75. The van der Waals surface area contributed by atoms with E-state index in [0.29, 0.717) is 0 Å². The van der Waals surface area contributed by atoms with Gasteiger partial charge in [-0.05, 0) is 48.0 Å². The molecule has 4 aromatic rings. The molecule has 0 aliphatic heterocycles. The van der Waals surface area contributed by atoms with E-state index in [0.717, 1.165) is 17.1 Å². The maximum atomic E-state index is 2.30. The number of anilines is 3. The summed E-state index contributed by atoms with van der Waals surface area (Å²) >= 11 is 1.87. The van der Waals surface area contributed by atoms with Crippen molar-refractivity contribution in [2.75, 3.05) is 4.90 Å². The van der Waals surface area contributed by atoms with Crippen LogP contribution < -0.4 is 4.90 Å². The molecule has 0 radical (unpaired) electrons. The molecule has 0 heterocycles. The summed E-state index contributed by atoms with van der Waals surface area (Å²) in [7, 11) is 0. The molecule has 4 aromatic carbocycles. The largest absolute Gasteiger partial charge is 0.310 e. The average molecular weight is 368 g/mol. The van der Waals surface area contributed by atoms with Crippen LogP contribution in [0.2, 0.25) is 0 Å². The van der Waals surface area contributed by atoms with Crippen molar-refractivity contribution in [2.45, 2.75) is 10.6 Å². The number of hydrogen-bond acceptors (Lipinski definition) is 2. The van der Waals surface area contributed by atoms with Crippen LogP contribution in [0.4, 0.5) is 17.1 Å². The maximum absolute atomic E-state index is 2.30. The van der Waals surface area contributed by atoms with Gasteiger partial charge in [-0.25, -0.2) is 0 Å². The van der Waals surface area contributed by atoms with Crippen molar-refractivity contribution in [3.05, 3.63) is 121 Å². The lowest BCUT2D eigenvalue weighted by atomic mass is 10.2. The van der Waals surface area contributed by atoms with E-state index in [-0.39, 0.29) is 0 Å². The van der Waals surface area contributed by atoms with E-state index >= 15 is 0 Å². The monoisotopic (exact) mass is 367 g/mol. The summed E-state index contributed by atoms with van der Waals surface area (Å²) < 4.78 is 0. The molecule has 0 bridgehead atoms. The minimum atomic E-state index is 0.973. The molecule has 27 heavy (non-hydrogen) atoms. The lowest BCUT2D eigenvalue weighted by Crippen LogP contribution is -2.09. The number of thioether (sulfide) groups is 1. The number of benzene rings is 4. The normalized spacial score (nSPS) is 10.5. The van der Waals surface area contributed by atoms with Gasteiger partial charge in [0.1, 0.15) is 0 Å². The zero-order chi connectivity index (χ0) is 18.3. The van der Waals surface area contributed by atoms with Gasteiger partial charge in [-0.3, -0.25) is 0 Å². The Kier molecular flexibility index (Phi) is 5.56. The molecule has 0 spiro atoms. The Morgan fingerprint density at radius 1 is 0.519 bits per heavy atom. The molecule has 0 N–H and O–H groups in total. The maximum Gasteiger partial charge on any atom is 0.0472 e. The van der Waals surface area contributed by atoms with Gasteiger partial charge in [0, 0.05) is 27.7 Å². The quantitative estimate of drug-likeness (QED) is 0.326. The SMILES string of the molecule is c1ccc(CSc2cccc(N(c3ccccc3)c3ccccc3)c2)cc1. The van der Waals surface area contributed by atoms with Crippen LogP contribution in [0.15, 0.2) is 120 Å². The second-order valence-corrected chi connectivity index (χ2v) is 7.33. The Bertz CT molecular complexity index is 929. The number of rotatable bonds is 6. The zero-order valence-corrected chi connectivity index (χ0v) is 15.8. The molecule has 4 rings (SSSR count). The summed E-state index contributed by atoms with van der Waals surface area (Å²) in [4.78, 5) is 3.57. The fourth-order valence-corrected chi connectivity index (χ4v) is 3.96. The molecule has 1 nitrogen and oxygen atoms in total. The fourth-order valence-electron chi connectivity index (χ4n) is 3.05. The first-order valence-electron chi connectivity index (χ1n) is 9.07. The van der Waals surface area contributed by atoms with Gasteiger partial charge in [-0.1, -0.05) is 72.8 Å². The van der Waals surface area contributed by atoms with Crippen molar-refractivity contribution < 1.29 is 0 Å². The number of nitrogens with zero attached hydrogens (tertiary/aromatic N) is 1. The van der Waals surface area contributed by atoms with E-state index in [4.69, 9.17) is 0 Å². The van der Waals surface area contributed by atoms with Gasteiger partial charge in [-0.15, -0.1) is 11.8 Å². The van der Waals surface area contributed by atoms with E-state index in [1.54, 1.807) is 0 Å². The summed E-state index contributed by atoms with van der Waals surface area (Å²) in [6, 6.07) is 40.4. The van der Waals surface area contributed by atoms with E-state index < -0.39 is 0 Å². The van der Waals surface area contributed by atoms with E-state index in [2.05, 4.69) is 120 Å². The molecular weight excluding hydrogens is 346 g/mol. The molecule has 0 saturated heterocycles. The van der Waals surface area contributed by atoms with E-state index in [1.807, 2.05) is 11.8 Å². The van der Waals surface area contributed by atoms with Crippen LogP contribution in [0.5, 0.6) is 0 Å². The Morgan fingerprint density at radius 3 is 1.63 bits per heavy atom. The van der Waals surface area contributed by atoms with Crippen molar-refractivity contribution in [3.8, 4) is 0 Å². The van der Waals surface area contributed by atoms with Crippen LogP contribution in [0.3, 0.4) is 0 Å². The van der Waals surface area contributed by atoms with Crippen LogP contribution in [-0.4, -0.2) is 0 Å². The van der Waals surface area contributed by atoms with Crippen LogP contribution in [0, 0.1) is 0 Å². The van der Waals surface area contributed by atoms with Crippen molar-refractivity contribution in [2.24, 2.45) is 0 Å². The second kappa shape index (κ2) is 8.61. The van der Waals surface area contributed by atoms with Crippen LogP contribution in [-0.2, 0) is 5.75 Å². The zero-order valence-electron chi connectivity index (χ0n) is 15.0.